The molecule has 3 aromatic rings. The molecule has 3 rings (SSSR count). The third-order valence-electron chi connectivity index (χ3n) is 3.65. The largest absolute Gasteiger partial charge is 0.493 e. The number of hydrazine groups is 1. The molecule has 7 nitrogen and oxygen atoms in total. The number of nitrogens with one attached hydrogen (secondary N) is 2. The number of rotatable bonds is 6. The van der Waals surface area contributed by atoms with Gasteiger partial charge in [0.1, 0.15) is 17.3 Å². The minimum Gasteiger partial charge on any atom is -0.493 e. The number of amides is 2. The van der Waals surface area contributed by atoms with Gasteiger partial charge in [-0.3, -0.25) is 20.4 Å². The summed E-state index contributed by atoms with van der Waals surface area (Å²) < 4.78 is 28.8. The number of hydrogen-bond donors (Lipinski definition) is 2. The lowest BCUT2D eigenvalue weighted by Gasteiger charge is -2.07. The van der Waals surface area contributed by atoms with E-state index in [9.17, 15) is 14.0 Å². The van der Waals surface area contributed by atoms with Crippen LogP contribution in [-0.4, -0.2) is 25.5 Å². The van der Waals surface area contributed by atoms with Crippen molar-refractivity contribution in [3.05, 3.63) is 66.2 Å². The maximum absolute atomic E-state index is 12.8. The van der Waals surface area contributed by atoms with Gasteiger partial charge in [0.05, 0.1) is 7.11 Å². The van der Waals surface area contributed by atoms with Gasteiger partial charge < -0.3 is 13.9 Å². The minimum absolute atomic E-state index is 0.334. The molecule has 2 N–H and O–H groups in total. The van der Waals surface area contributed by atoms with Crippen LogP contribution in [0.1, 0.15) is 5.76 Å². The van der Waals surface area contributed by atoms with Crippen molar-refractivity contribution in [2.45, 2.75) is 0 Å². The molecule has 0 aliphatic heterocycles. The zero-order valence-corrected chi connectivity index (χ0v) is 14.9. The van der Waals surface area contributed by atoms with E-state index in [1.807, 2.05) is 12.1 Å². The Kier molecular flexibility index (Phi) is 5.91. The molecule has 8 heteroatoms. The summed E-state index contributed by atoms with van der Waals surface area (Å²) in [6.07, 6.45) is 2.68. The van der Waals surface area contributed by atoms with Crippen molar-refractivity contribution >= 4 is 28.9 Å². The highest BCUT2D eigenvalue weighted by Gasteiger charge is 2.08. The van der Waals surface area contributed by atoms with Crippen LogP contribution in [0, 0.1) is 5.82 Å². The van der Waals surface area contributed by atoms with Gasteiger partial charge in [-0.1, -0.05) is 12.1 Å². The number of furan rings is 1. The monoisotopic (exact) mass is 384 g/mol. The molecule has 0 fully saturated rings. The predicted molar refractivity (Wildman–Crippen MR) is 100.0 cm³/mol. The summed E-state index contributed by atoms with van der Waals surface area (Å²) in [5.41, 5.74) is 5.01. The molecule has 0 unspecified atom stereocenters. The molecule has 0 aliphatic rings. The molecular weight excluding hydrogens is 367 g/mol. The fourth-order valence-corrected chi connectivity index (χ4v) is 2.35. The van der Waals surface area contributed by atoms with Crippen LogP contribution in [0.25, 0.3) is 17.0 Å². The Morgan fingerprint density at radius 3 is 2.68 bits per heavy atom. The number of ether oxygens (including phenoxy) is 2. The van der Waals surface area contributed by atoms with Crippen molar-refractivity contribution in [1.29, 1.82) is 0 Å². The average molecular weight is 384 g/mol. The first-order valence-electron chi connectivity index (χ1n) is 8.27. The highest BCUT2D eigenvalue weighted by atomic mass is 19.1. The van der Waals surface area contributed by atoms with E-state index in [1.54, 1.807) is 19.2 Å². The van der Waals surface area contributed by atoms with E-state index in [4.69, 9.17) is 13.9 Å². The van der Waals surface area contributed by atoms with E-state index in [0.29, 0.717) is 22.8 Å². The molecule has 0 bridgehead atoms. The molecule has 144 valence electrons. The van der Waals surface area contributed by atoms with Crippen molar-refractivity contribution in [3.63, 3.8) is 0 Å². The fraction of sp³-hybridized carbons (Fsp3) is 0.100. The van der Waals surface area contributed by atoms with Crippen LogP contribution in [0.3, 0.4) is 0 Å². The molecule has 2 amide bonds. The van der Waals surface area contributed by atoms with E-state index in [-0.39, 0.29) is 6.61 Å². The molecule has 0 atom stereocenters. The second-order valence-corrected chi connectivity index (χ2v) is 5.64. The van der Waals surface area contributed by atoms with Gasteiger partial charge in [0.15, 0.2) is 17.9 Å². The molecule has 0 aliphatic carbocycles. The van der Waals surface area contributed by atoms with Gasteiger partial charge in [-0.2, -0.15) is 0 Å². The summed E-state index contributed by atoms with van der Waals surface area (Å²) in [6, 6.07) is 12.5. The van der Waals surface area contributed by atoms with Crippen LogP contribution in [0.2, 0.25) is 0 Å². The lowest BCUT2D eigenvalue weighted by molar-refractivity contribution is -0.128. The lowest BCUT2D eigenvalue weighted by Crippen LogP contribution is -2.43. The summed E-state index contributed by atoms with van der Waals surface area (Å²) >= 11 is 0. The van der Waals surface area contributed by atoms with Crippen LogP contribution < -0.4 is 20.3 Å². The van der Waals surface area contributed by atoms with E-state index >= 15 is 0 Å². The molecular formula is C20H17FN2O5. The van der Waals surface area contributed by atoms with Gasteiger partial charge in [0.2, 0.25) is 0 Å². The Hall–Kier alpha value is -3.81. The van der Waals surface area contributed by atoms with Crippen molar-refractivity contribution < 1.29 is 27.9 Å². The molecule has 1 heterocycles. The molecule has 0 saturated carbocycles. The number of benzene rings is 2. The zero-order chi connectivity index (χ0) is 19.9. The number of carbonyl (C=O) groups excluding carboxylic acids is 2. The smallest absolute Gasteiger partial charge is 0.276 e. The van der Waals surface area contributed by atoms with Crippen LogP contribution in [0.4, 0.5) is 4.39 Å². The molecule has 28 heavy (non-hydrogen) atoms. The maximum Gasteiger partial charge on any atom is 0.276 e. The first kappa shape index (κ1) is 19.0. The highest BCUT2D eigenvalue weighted by molar-refractivity contribution is 5.94. The number of hydrogen-bond acceptors (Lipinski definition) is 5. The lowest BCUT2D eigenvalue weighted by atomic mass is 10.2. The first-order valence-corrected chi connectivity index (χ1v) is 8.27. The molecule has 0 saturated heterocycles. The van der Waals surface area contributed by atoms with Gasteiger partial charge in [-0.05, 0) is 42.5 Å². The van der Waals surface area contributed by atoms with Crippen LogP contribution in [-0.2, 0) is 9.59 Å². The average Bonchev–Trinajstić information content (AvgIpc) is 3.13. The second kappa shape index (κ2) is 8.72. The Bertz CT molecular complexity index is 1010. The summed E-state index contributed by atoms with van der Waals surface area (Å²) in [5, 5.41) is 0.839. The third kappa shape index (κ3) is 4.88. The fourth-order valence-electron chi connectivity index (χ4n) is 2.35. The first-order chi connectivity index (χ1) is 13.5. The summed E-state index contributed by atoms with van der Waals surface area (Å²) in [4.78, 5) is 23.5. The Morgan fingerprint density at radius 2 is 1.93 bits per heavy atom. The molecule has 2 aromatic carbocycles. The Balaban J connectivity index is 1.48. The van der Waals surface area contributed by atoms with Crippen LogP contribution in [0.15, 0.2) is 59.0 Å². The SMILES string of the molecule is COc1cccc2cc(/C=C/C(=O)NNC(=O)COc3ccc(F)cc3)oc12. The normalized spacial score (nSPS) is 10.8. The quantitative estimate of drug-likeness (QED) is 0.504. The Labute approximate surface area is 159 Å². The number of methoxy groups -OCH3 is 1. The molecule has 0 radical (unpaired) electrons. The maximum atomic E-state index is 12.8. The molecule has 0 spiro atoms. The second-order valence-electron chi connectivity index (χ2n) is 5.64. The van der Waals surface area contributed by atoms with Crippen molar-refractivity contribution in [2.24, 2.45) is 0 Å². The summed E-state index contributed by atoms with van der Waals surface area (Å²) in [5.74, 6) is -0.139. The van der Waals surface area contributed by atoms with Crippen LogP contribution in [0.5, 0.6) is 11.5 Å². The Morgan fingerprint density at radius 1 is 1.14 bits per heavy atom. The van der Waals surface area contributed by atoms with Gasteiger partial charge in [-0.25, -0.2) is 4.39 Å². The zero-order valence-electron chi connectivity index (χ0n) is 14.9. The van der Waals surface area contributed by atoms with Crippen LogP contribution >= 0.6 is 0 Å². The number of para-hydroxylation sites is 1. The van der Waals surface area contributed by atoms with Crippen molar-refractivity contribution in [2.75, 3.05) is 13.7 Å². The number of halogens is 1. The van der Waals surface area contributed by atoms with Gasteiger partial charge in [-0.15, -0.1) is 0 Å². The molecule has 1 aromatic heterocycles. The van der Waals surface area contributed by atoms with E-state index in [2.05, 4.69) is 10.9 Å². The van der Waals surface area contributed by atoms with Crippen molar-refractivity contribution in [3.8, 4) is 11.5 Å². The van der Waals surface area contributed by atoms with Gasteiger partial charge in [0, 0.05) is 11.5 Å². The third-order valence-corrected chi connectivity index (χ3v) is 3.65. The van der Waals surface area contributed by atoms with Gasteiger partial charge in [0.25, 0.3) is 11.8 Å². The standard InChI is InChI=1S/C20H17FN2O5/c1-26-17-4-2-3-13-11-16(28-20(13)17)9-10-18(24)22-23-19(25)12-27-15-7-5-14(21)6-8-15/h2-11H,12H2,1H3,(H,22,24)(H,23,25)/b10-9+. The van der Waals surface area contributed by atoms with E-state index in [1.165, 1.54) is 36.4 Å². The summed E-state index contributed by atoms with van der Waals surface area (Å²) in [7, 11) is 1.54. The number of fused-ring (bicyclic) bond motifs is 1. The van der Waals surface area contributed by atoms with E-state index < -0.39 is 17.6 Å². The number of carbonyl (C=O) groups is 2. The highest BCUT2D eigenvalue weighted by Crippen LogP contribution is 2.28. The van der Waals surface area contributed by atoms with Crippen molar-refractivity contribution in [1.82, 2.24) is 10.9 Å². The summed E-state index contributed by atoms with van der Waals surface area (Å²) in [6.45, 7) is -0.334. The topological polar surface area (TPSA) is 89.8 Å². The van der Waals surface area contributed by atoms with Gasteiger partial charge >= 0.3 is 0 Å². The van der Waals surface area contributed by atoms with E-state index in [0.717, 1.165) is 5.39 Å². The predicted octanol–water partition coefficient (Wildman–Crippen LogP) is 2.82. The minimum atomic E-state index is -0.570.